The summed E-state index contributed by atoms with van der Waals surface area (Å²) in [6, 6.07) is 11.6. The van der Waals surface area contributed by atoms with Crippen LogP contribution in [0.2, 0.25) is 10.0 Å². The van der Waals surface area contributed by atoms with Gasteiger partial charge in [-0.25, -0.2) is 0 Å². The second kappa shape index (κ2) is 5.28. The molecule has 0 fully saturated rings. The number of fused-ring (bicyclic) bond motifs is 1. The van der Waals surface area contributed by atoms with Gasteiger partial charge in [0.15, 0.2) is 0 Å². The molecule has 2 aromatic rings. The lowest BCUT2D eigenvalue weighted by molar-refractivity contribution is 0.161. The van der Waals surface area contributed by atoms with Crippen LogP contribution < -0.4 is 10.5 Å². The number of ether oxygens (including phenoxy) is 1. The lowest BCUT2D eigenvalue weighted by Crippen LogP contribution is -2.24. The number of rotatable bonds is 1. The van der Waals surface area contributed by atoms with Gasteiger partial charge in [0.05, 0.1) is 10.0 Å². The third kappa shape index (κ3) is 2.39. The molecule has 104 valence electrons. The van der Waals surface area contributed by atoms with Gasteiger partial charge in [-0.3, -0.25) is 0 Å². The maximum Gasteiger partial charge on any atom is 0.127 e. The monoisotopic (exact) mass is 307 g/mol. The van der Waals surface area contributed by atoms with Gasteiger partial charge >= 0.3 is 0 Å². The van der Waals surface area contributed by atoms with Gasteiger partial charge < -0.3 is 10.5 Å². The van der Waals surface area contributed by atoms with Crippen LogP contribution in [-0.4, -0.2) is 0 Å². The molecule has 2 nitrogen and oxygen atoms in total. The van der Waals surface area contributed by atoms with E-state index in [1.54, 1.807) is 6.07 Å². The fraction of sp³-hybridized carbons (Fsp3) is 0.250. The van der Waals surface area contributed by atoms with Crippen molar-refractivity contribution in [3.05, 3.63) is 63.1 Å². The van der Waals surface area contributed by atoms with Crippen molar-refractivity contribution in [2.75, 3.05) is 0 Å². The smallest absolute Gasteiger partial charge is 0.127 e. The molecule has 3 rings (SSSR count). The summed E-state index contributed by atoms with van der Waals surface area (Å²) in [6.07, 6.45) is 0.530. The highest BCUT2D eigenvalue weighted by atomic mass is 35.5. The molecule has 1 aliphatic rings. The van der Waals surface area contributed by atoms with Gasteiger partial charge in [0.1, 0.15) is 11.9 Å². The maximum atomic E-state index is 6.28. The topological polar surface area (TPSA) is 35.2 Å². The zero-order valence-corrected chi connectivity index (χ0v) is 12.6. The standard InChI is InChI=1S/C16H15Cl2NO/c1-9-5-6-14-11(7-9)13(19)8-15(20-14)10-3-2-4-12(17)16(10)18/h2-7,13,15H,8,19H2,1H3/t13-,15?/m1/s1. The molecule has 1 heterocycles. The molecule has 2 N–H and O–H groups in total. The van der Waals surface area contributed by atoms with Crippen molar-refractivity contribution >= 4 is 23.2 Å². The normalized spacial score (nSPS) is 21.2. The fourth-order valence-corrected chi connectivity index (χ4v) is 3.01. The van der Waals surface area contributed by atoms with E-state index in [0.717, 1.165) is 16.9 Å². The Hall–Kier alpha value is -1.22. The van der Waals surface area contributed by atoms with Crippen molar-refractivity contribution in [1.82, 2.24) is 0 Å². The quantitative estimate of drug-likeness (QED) is 0.819. The molecule has 4 heteroatoms. The van der Waals surface area contributed by atoms with E-state index < -0.39 is 0 Å². The number of aryl methyl sites for hydroxylation is 1. The first-order chi connectivity index (χ1) is 9.56. The first kappa shape index (κ1) is 13.7. The highest BCUT2D eigenvalue weighted by molar-refractivity contribution is 6.42. The summed E-state index contributed by atoms with van der Waals surface area (Å²) in [4.78, 5) is 0. The van der Waals surface area contributed by atoms with E-state index in [1.165, 1.54) is 5.56 Å². The molecule has 0 saturated carbocycles. The van der Waals surface area contributed by atoms with E-state index >= 15 is 0 Å². The van der Waals surface area contributed by atoms with E-state index in [4.69, 9.17) is 33.7 Å². The number of benzene rings is 2. The summed E-state index contributed by atoms with van der Waals surface area (Å²) in [5, 5.41) is 1.08. The molecule has 20 heavy (non-hydrogen) atoms. The number of hydrogen-bond acceptors (Lipinski definition) is 2. The molecule has 1 unspecified atom stereocenters. The minimum Gasteiger partial charge on any atom is -0.485 e. The largest absolute Gasteiger partial charge is 0.485 e. The lowest BCUT2D eigenvalue weighted by atomic mass is 9.92. The van der Waals surface area contributed by atoms with E-state index in [9.17, 15) is 0 Å². The summed E-state index contributed by atoms with van der Waals surface area (Å²) in [5.74, 6) is 0.829. The first-order valence-electron chi connectivity index (χ1n) is 6.53. The van der Waals surface area contributed by atoms with Crippen LogP contribution in [0.25, 0.3) is 0 Å². The van der Waals surface area contributed by atoms with E-state index in [0.29, 0.717) is 16.5 Å². The second-order valence-electron chi connectivity index (χ2n) is 5.13. The number of nitrogens with two attached hydrogens (primary N) is 1. The maximum absolute atomic E-state index is 6.28. The third-order valence-corrected chi connectivity index (χ3v) is 4.46. The zero-order chi connectivity index (χ0) is 14.3. The highest BCUT2D eigenvalue weighted by Gasteiger charge is 2.28. The Balaban J connectivity index is 1.99. The van der Waals surface area contributed by atoms with Crippen molar-refractivity contribution < 1.29 is 4.74 Å². The molecule has 1 aliphatic heterocycles. The van der Waals surface area contributed by atoms with Crippen molar-refractivity contribution in [3.63, 3.8) is 0 Å². The van der Waals surface area contributed by atoms with Gasteiger partial charge in [-0.05, 0) is 19.1 Å². The van der Waals surface area contributed by atoms with Gasteiger partial charge in [-0.1, -0.05) is 53.0 Å². The minimum atomic E-state index is -0.161. The molecular formula is C16H15Cl2NO. The molecule has 0 radical (unpaired) electrons. The molecule has 0 saturated heterocycles. The summed E-state index contributed by atoms with van der Waals surface area (Å²) in [6.45, 7) is 2.05. The van der Waals surface area contributed by atoms with Gasteiger partial charge in [0.25, 0.3) is 0 Å². The lowest BCUT2D eigenvalue weighted by Gasteiger charge is -2.31. The Bertz CT molecular complexity index is 657. The van der Waals surface area contributed by atoms with Crippen LogP contribution >= 0.6 is 23.2 Å². The molecule has 0 spiro atoms. The zero-order valence-electron chi connectivity index (χ0n) is 11.1. The molecule has 0 amide bonds. The summed E-state index contributed by atoms with van der Waals surface area (Å²) >= 11 is 12.3. The van der Waals surface area contributed by atoms with Gasteiger partial charge in [0, 0.05) is 23.6 Å². The van der Waals surface area contributed by atoms with Crippen LogP contribution in [0, 0.1) is 6.92 Å². The Kier molecular flexibility index (Phi) is 3.63. The predicted octanol–water partition coefficient (Wildman–Crippen LogP) is 4.83. The second-order valence-corrected chi connectivity index (χ2v) is 5.92. The van der Waals surface area contributed by atoms with Crippen molar-refractivity contribution in [3.8, 4) is 5.75 Å². The van der Waals surface area contributed by atoms with E-state index in [-0.39, 0.29) is 12.1 Å². The molecule has 0 aromatic heterocycles. The van der Waals surface area contributed by atoms with E-state index in [2.05, 4.69) is 6.07 Å². The van der Waals surface area contributed by atoms with Crippen LogP contribution in [0.3, 0.4) is 0 Å². The van der Waals surface area contributed by atoms with Crippen LogP contribution in [-0.2, 0) is 0 Å². The molecular weight excluding hydrogens is 293 g/mol. The first-order valence-corrected chi connectivity index (χ1v) is 7.28. The highest BCUT2D eigenvalue weighted by Crippen LogP contribution is 2.42. The molecule has 0 bridgehead atoms. The molecule has 2 aromatic carbocycles. The van der Waals surface area contributed by atoms with Gasteiger partial charge in [0.2, 0.25) is 0 Å². The average molecular weight is 308 g/mol. The summed E-state index contributed by atoms with van der Waals surface area (Å²) < 4.78 is 6.06. The van der Waals surface area contributed by atoms with Crippen LogP contribution in [0.15, 0.2) is 36.4 Å². The molecule has 2 atom stereocenters. The Morgan fingerprint density at radius 2 is 1.95 bits per heavy atom. The Labute approximate surface area is 128 Å². The predicted molar refractivity (Wildman–Crippen MR) is 82.6 cm³/mol. The number of hydrogen-bond donors (Lipinski definition) is 1. The van der Waals surface area contributed by atoms with Crippen molar-refractivity contribution in [2.24, 2.45) is 5.73 Å². The average Bonchev–Trinajstić information content (AvgIpc) is 2.42. The summed E-state index contributed by atoms with van der Waals surface area (Å²) in [5.41, 5.74) is 9.40. The van der Waals surface area contributed by atoms with Crippen LogP contribution in [0.1, 0.15) is 35.3 Å². The van der Waals surface area contributed by atoms with Crippen LogP contribution in [0.4, 0.5) is 0 Å². The van der Waals surface area contributed by atoms with Crippen molar-refractivity contribution in [1.29, 1.82) is 0 Å². The van der Waals surface area contributed by atoms with Crippen LogP contribution in [0.5, 0.6) is 5.75 Å². The van der Waals surface area contributed by atoms with E-state index in [1.807, 2.05) is 31.2 Å². The number of halogens is 2. The SMILES string of the molecule is Cc1ccc2c(c1)[C@H](N)CC(c1cccc(Cl)c1Cl)O2. The fourth-order valence-electron chi connectivity index (χ4n) is 2.58. The third-order valence-electron chi connectivity index (χ3n) is 3.63. The summed E-state index contributed by atoms with van der Waals surface area (Å²) in [7, 11) is 0. The molecule has 0 aliphatic carbocycles. The Morgan fingerprint density at radius 1 is 1.15 bits per heavy atom. The Morgan fingerprint density at radius 3 is 2.75 bits per heavy atom. The van der Waals surface area contributed by atoms with Gasteiger partial charge in [-0.15, -0.1) is 0 Å². The minimum absolute atomic E-state index is 0.0568. The van der Waals surface area contributed by atoms with Crippen molar-refractivity contribution in [2.45, 2.75) is 25.5 Å². The van der Waals surface area contributed by atoms with Gasteiger partial charge in [-0.2, -0.15) is 0 Å².